The minimum Gasteiger partial charge on any atom is -0.347 e. The number of hydrogen-bond donors (Lipinski definition) is 1. The SMILES string of the molecule is O=C1CCN(Cc2cccc(F)c2)CC2(CCN(C(=O)Cc3cccs3)C2)N1. The van der Waals surface area contributed by atoms with E-state index in [2.05, 4.69) is 10.2 Å². The Kier molecular flexibility index (Phi) is 5.46. The molecule has 1 atom stereocenters. The number of benzene rings is 1. The first-order valence-corrected chi connectivity index (χ1v) is 10.5. The van der Waals surface area contributed by atoms with Crippen molar-refractivity contribution in [2.24, 2.45) is 0 Å². The summed E-state index contributed by atoms with van der Waals surface area (Å²) in [7, 11) is 0. The molecule has 0 bridgehead atoms. The maximum absolute atomic E-state index is 13.5. The second kappa shape index (κ2) is 8.01. The van der Waals surface area contributed by atoms with Gasteiger partial charge in [-0.3, -0.25) is 14.5 Å². The first-order chi connectivity index (χ1) is 13.5. The lowest BCUT2D eigenvalue weighted by Crippen LogP contribution is -2.55. The van der Waals surface area contributed by atoms with Crippen molar-refractivity contribution in [1.29, 1.82) is 0 Å². The van der Waals surface area contributed by atoms with Gasteiger partial charge in [0.05, 0.1) is 12.0 Å². The highest BCUT2D eigenvalue weighted by Crippen LogP contribution is 2.27. The van der Waals surface area contributed by atoms with Gasteiger partial charge in [0.1, 0.15) is 5.82 Å². The van der Waals surface area contributed by atoms with Crippen molar-refractivity contribution in [3.63, 3.8) is 0 Å². The lowest BCUT2D eigenvalue weighted by molar-refractivity contribution is -0.130. The van der Waals surface area contributed by atoms with Crippen LogP contribution in [0, 0.1) is 5.82 Å². The van der Waals surface area contributed by atoms with Crippen LogP contribution < -0.4 is 5.32 Å². The van der Waals surface area contributed by atoms with E-state index < -0.39 is 5.54 Å². The number of carbonyl (C=O) groups is 2. The van der Waals surface area contributed by atoms with E-state index in [0.29, 0.717) is 45.6 Å². The van der Waals surface area contributed by atoms with Crippen molar-refractivity contribution in [3.8, 4) is 0 Å². The monoisotopic (exact) mass is 401 g/mol. The van der Waals surface area contributed by atoms with E-state index in [1.54, 1.807) is 17.4 Å². The van der Waals surface area contributed by atoms with E-state index in [0.717, 1.165) is 16.9 Å². The Hall–Kier alpha value is -2.25. The molecule has 28 heavy (non-hydrogen) atoms. The Morgan fingerprint density at radius 1 is 1.21 bits per heavy atom. The van der Waals surface area contributed by atoms with Gasteiger partial charge in [0.25, 0.3) is 0 Å². The predicted molar refractivity (Wildman–Crippen MR) is 106 cm³/mol. The normalized spacial score (nSPS) is 23.0. The molecule has 4 rings (SSSR count). The molecule has 7 heteroatoms. The van der Waals surface area contributed by atoms with Crippen LogP contribution in [0.25, 0.3) is 0 Å². The number of rotatable bonds is 4. The molecule has 0 aliphatic carbocycles. The molecule has 1 N–H and O–H groups in total. The summed E-state index contributed by atoms with van der Waals surface area (Å²) in [6, 6.07) is 10.5. The van der Waals surface area contributed by atoms with Crippen molar-refractivity contribution < 1.29 is 14.0 Å². The number of thiophene rings is 1. The Bertz CT molecular complexity index is 857. The summed E-state index contributed by atoms with van der Waals surface area (Å²) in [5.74, 6) is -0.119. The van der Waals surface area contributed by atoms with Crippen LogP contribution in [-0.2, 0) is 22.6 Å². The highest BCUT2D eigenvalue weighted by Gasteiger charge is 2.43. The zero-order valence-electron chi connectivity index (χ0n) is 15.7. The first-order valence-electron chi connectivity index (χ1n) is 9.59. The van der Waals surface area contributed by atoms with Crippen LogP contribution in [0.15, 0.2) is 41.8 Å². The van der Waals surface area contributed by atoms with Gasteiger partial charge >= 0.3 is 0 Å². The Morgan fingerprint density at radius 3 is 2.89 bits per heavy atom. The van der Waals surface area contributed by atoms with Crippen molar-refractivity contribution >= 4 is 23.2 Å². The molecule has 1 aromatic heterocycles. The van der Waals surface area contributed by atoms with Gasteiger partial charge in [-0.05, 0) is 35.6 Å². The van der Waals surface area contributed by atoms with E-state index in [1.165, 1.54) is 12.1 Å². The first kappa shape index (κ1) is 19.1. The zero-order valence-corrected chi connectivity index (χ0v) is 16.5. The third-order valence-electron chi connectivity index (χ3n) is 5.49. The van der Waals surface area contributed by atoms with Crippen molar-refractivity contribution in [2.75, 3.05) is 26.2 Å². The molecule has 2 amide bonds. The third kappa shape index (κ3) is 4.42. The molecule has 2 aliphatic rings. The summed E-state index contributed by atoms with van der Waals surface area (Å²) in [5, 5.41) is 5.16. The molecule has 2 fully saturated rings. The molecule has 0 radical (unpaired) electrons. The molecule has 1 unspecified atom stereocenters. The molecule has 1 spiro atoms. The van der Waals surface area contributed by atoms with Crippen molar-refractivity contribution in [3.05, 3.63) is 58.0 Å². The molecular formula is C21H24FN3O2S. The van der Waals surface area contributed by atoms with Gasteiger partial charge in [0, 0.05) is 44.0 Å². The van der Waals surface area contributed by atoms with Crippen molar-refractivity contribution in [2.45, 2.75) is 31.3 Å². The van der Waals surface area contributed by atoms with Gasteiger partial charge in [-0.15, -0.1) is 11.3 Å². The van der Waals surface area contributed by atoms with E-state index >= 15 is 0 Å². The van der Waals surface area contributed by atoms with E-state index in [4.69, 9.17) is 0 Å². The number of amides is 2. The molecular weight excluding hydrogens is 377 g/mol. The standard InChI is InChI=1S/C21H24FN3O2S/c22-17-4-1-3-16(11-17)13-24-8-6-19(26)23-21(14-24)7-9-25(15-21)20(27)12-18-5-2-10-28-18/h1-5,10-11H,6-9,12-15H2,(H,23,26). The summed E-state index contributed by atoms with van der Waals surface area (Å²) in [5.41, 5.74) is 0.472. The second-order valence-electron chi connectivity index (χ2n) is 7.74. The fourth-order valence-electron chi connectivity index (χ4n) is 4.18. The smallest absolute Gasteiger partial charge is 0.227 e. The van der Waals surface area contributed by atoms with Crippen LogP contribution in [0.5, 0.6) is 0 Å². The summed E-state index contributed by atoms with van der Waals surface area (Å²) in [4.78, 5) is 30.1. The van der Waals surface area contributed by atoms with Crippen LogP contribution in [0.3, 0.4) is 0 Å². The average molecular weight is 402 g/mol. The largest absolute Gasteiger partial charge is 0.347 e. The molecule has 1 aromatic carbocycles. The zero-order chi connectivity index (χ0) is 19.6. The number of carbonyl (C=O) groups excluding carboxylic acids is 2. The van der Waals surface area contributed by atoms with Gasteiger partial charge in [-0.1, -0.05) is 18.2 Å². The molecule has 5 nitrogen and oxygen atoms in total. The topological polar surface area (TPSA) is 52.7 Å². The number of nitrogens with one attached hydrogen (secondary N) is 1. The number of hydrogen-bond acceptors (Lipinski definition) is 4. The van der Waals surface area contributed by atoms with E-state index in [-0.39, 0.29) is 17.6 Å². The molecule has 2 aliphatic heterocycles. The minimum absolute atomic E-state index is 0.0225. The summed E-state index contributed by atoms with van der Waals surface area (Å²) < 4.78 is 13.5. The quantitative estimate of drug-likeness (QED) is 0.856. The highest BCUT2D eigenvalue weighted by atomic mass is 32.1. The predicted octanol–water partition coefficient (Wildman–Crippen LogP) is 2.42. The highest BCUT2D eigenvalue weighted by molar-refractivity contribution is 7.10. The Labute approximate surface area is 168 Å². The van der Waals surface area contributed by atoms with Gasteiger partial charge in [0.15, 0.2) is 0 Å². The van der Waals surface area contributed by atoms with E-state index in [1.807, 2.05) is 28.5 Å². The molecule has 148 valence electrons. The Balaban J connectivity index is 1.44. The lowest BCUT2D eigenvalue weighted by atomic mass is 9.97. The van der Waals surface area contributed by atoms with Gasteiger partial charge in [-0.2, -0.15) is 0 Å². The van der Waals surface area contributed by atoms with Crippen molar-refractivity contribution in [1.82, 2.24) is 15.1 Å². The van der Waals surface area contributed by atoms with Gasteiger partial charge in [0.2, 0.25) is 11.8 Å². The molecule has 2 saturated heterocycles. The number of likely N-dealkylation sites (tertiary alicyclic amines) is 1. The average Bonchev–Trinajstić information content (AvgIpc) is 3.27. The third-order valence-corrected chi connectivity index (χ3v) is 6.37. The minimum atomic E-state index is -0.425. The van der Waals surface area contributed by atoms with E-state index in [9.17, 15) is 14.0 Å². The van der Waals surface area contributed by atoms with Crippen LogP contribution >= 0.6 is 11.3 Å². The Morgan fingerprint density at radius 2 is 2.11 bits per heavy atom. The maximum atomic E-state index is 13.5. The summed E-state index contributed by atoms with van der Waals surface area (Å²) in [6.07, 6.45) is 1.57. The van der Waals surface area contributed by atoms with Gasteiger partial charge < -0.3 is 10.2 Å². The fraction of sp³-hybridized carbons (Fsp3) is 0.429. The van der Waals surface area contributed by atoms with Crippen LogP contribution in [-0.4, -0.2) is 53.3 Å². The number of nitrogens with zero attached hydrogens (tertiary/aromatic N) is 2. The van der Waals surface area contributed by atoms with Crippen LogP contribution in [0.2, 0.25) is 0 Å². The van der Waals surface area contributed by atoms with Crippen LogP contribution in [0.1, 0.15) is 23.3 Å². The van der Waals surface area contributed by atoms with Gasteiger partial charge in [-0.25, -0.2) is 4.39 Å². The fourth-order valence-corrected chi connectivity index (χ4v) is 4.88. The molecule has 2 aromatic rings. The lowest BCUT2D eigenvalue weighted by Gasteiger charge is -2.33. The number of halogens is 1. The molecule has 0 saturated carbocycles. The second-order valence-corrected chi connectivity index (χ2v) is 8.77. The summed E-state index contributed by atoms with van der Waals surface area (Å²) >= 11 is 1.59. The maximum Gasteiger partial charge on any atom is 0.227 e. The summed E-state index contributed by atoms with van der Waals surface area (Å²) in [6.45, 7) is 3.07. The van der Waals surface area contributed by atoms with Crippen LogP contribution in [0.4, 0.5) is 4.39 Å². The molecule has 3 heterocycles.